The summed E-state index contributed by atoms with van der Waals surface area (Å²) >= 11 is 0. The molecule has 0 aromatic carbocycles. The molecular weight excluding hydrogens is 290 g/mol. The standard InChI is InChI=1S/C13H21N5O2S/c1-11(2)15-8-12-7-13(9-16-12)21(19,20)17-4-6-18-5-3-14-10-18/h3,5,7,9-11,15-17H,4,6,8H2,1-2H3. The maximum Gasteiger partial charge on any atom is 0.242 e. The molecule has 0 aliphatic heterocycles. The zero-order valence-electron chi connectivity index (χ0n) is 12.2. The molecule has 21 heavy (non-hydrogen) atoms. The van der Waals surface area contributed by atoms with E-state index >= 15 is 0 Å². The van der Waals surface area contributed by atoms with Gasteiger partial charge in [-0.3, -0.25) is 0 Å². The fraction of sp³-hybridized carbons (Fsp3) is 0.462. The summed E-state index contributed by atoms with van der Waals surface area (Å²) < 4.78 is 28.7. The summed E-state index contributed by atoms with van der Waals surface area (Å²) in [6.45, 7) is 5.56. The van der Waals surface area contributed by atoms with Crippen LogP contribution in [0.1, 0.15) is 19.5 Å². The summed E-state index contributed by atoms with van der Waals surface area (Å²) in [5, 5.41) is 3.23. The molecule has 2 rings (SSSR count). The second-order valence-electron chi connectivity index (χ2n) is 5.09. The second kappa shape index (κ2) is 6.88. The number of rotatable bonds is 8. The van der Waals surface area contributed by atoms with Crippen LogP contribution >= 0.6 is 0 Å². The van der Waals surface area contributed by atoms with Crippen molar-refractivity contribution in [3.63, 3.8) is 0 Å². The Morgan fingerprint density at radius 2 is 2.24 bits per heavy atom. The minimum atomic E-state index is -3.47. The smallest absolute Gasteiger partial charge is 0.242 e. The predicted octanol–water partition coefficient (Wildman–Crippen LogP) is 0.688. The Hall–Kier alpha value is -1.64. The monoisotopic (exact) mass is 311 g/mol. The molecule has 0 atom stereocenters. The normalized spacial score (nSPS) is 12.1. The first kappa shape index (κ1) is 15.7. The molecule has 2 aromatic heterocycles. The molecule has 116 valence electrons. The highest BCUT2D eigenvalue weighted by molar-refractivity contribution is 7.89. The largest absolute Gasteiger partial charge is 0.363 e. The molecule has 0 saturated carbocycles. The van der Waals surface area contributed by atoms with Gasteiger partial charge in [0.15, 0.2) is 0 Å². The lowest BCUT2D eigenvalue weighted by Gasteiger charge is -2.06. The van der Waals surface area contributed by atoms with Crippen molar-refractivity contribution in [2.24, 2.45) is 0 Å². The van der Waals surface area contributed by atoms with Crippen LogP contribution in [-0.2, 0) is 23.1 Å². The average molecular weight is 311 g/mol. The fourth-order valence-electron chi connectivity index (χ4n) is 1.80. The van der Waals surface area contributed by atoms with Gasteiger partial charge in [0.05, 0.1) is 11.2 Å². The molecule has 0 fully saturated rings. The SMILES string of the molecule is CC(C)NCc1cc(S(=O)(=O)NCCn2ccnc2)c[nH]1. The van der Waals surface area contributed by atoms with Gasteiger partial charge in [-0.05, 0) is 6.07 Å². The van der Waals surface area contributed by atoms with Crippen LogP contribution in [0.4, 0.5) is 0 Å². The first-order valence-corrected chi connectivity index (χ1v) is 8.32. The number of nitrogens with zero attached hydrogens (tertiary/aromatic N) is 2. The van der Waals surface area contributed by atoms with Crippen LogP contribution in [0.2, 0.25) is 0 Å². The van der Waals surface area contributed by atoms with Gasteiger partial charge in [0, 0.05) is 50.0 Å². The van der Waals surface area contributed by atoms with Crippen molar-refractivity contribution < 1.29 is 8.42 Å². The van der Waals surface area contributed by atoms with E-state index in [1.54, 1.807) is 24.8 Å². The molecule has 8 heteroatoms. The van der Waals surface area contributed by atoms with Crippen LogP contribution in [-0.4, -0.2) is 35.5 Å². The summed E-state index contributed by atoms with van der Waals surface area (Å²) in [5.74, 6) is 0. The fourth-order valence-corrected chi connectivity index (χ4v) is 2.84. The van der Waals surface area contributed by atoms with E-state index in [1.807, 2.05) is 18.4 Å². The molecule has 0 amide bonds. The Kier molecular flexibility index (Phi) is 5.16. The van der Waals surface area contributed by atoms with Crippen LogP contribution in [0.25, 0.3) is 0 Å². The lowest BCUT2D eigenvalue weighted by Crippen LogP contribution is -2.27. The van der Waals surface area contributed by atoms with Gasteiger partial charge < -0.3 is 14.9 Å². The molecular formula is C13H21N5O2S. The summed E-state index contributed by atoms with van der Waals surface area (Å²) in [4.78, 5) is 7.14. The van der Waals surface area contributed by atoms with Crippen LogP contribution < -0.4 is 10.0 Å². The van der Waals surface area contributed by atoms with Gasteiger partial charge in [0.25, 0.3) is 0 Å². The zero-order chi connectivity index (χ0) is 15.3. The molecule has 2 heterocycles. The van der Waals surface area contributed by atoms with Crippen molar-refractivity contribution in [1.29, 1.82) is 0 Å². The van der Waals surface area contributed by atoms with Crippen LogP contribution in [0.15, 0.2) is 35.9 Å². The number of hydrogen-bond acceptors (Lipinski definition) is 4. The minimum Gasteiger partial charge on any atom is -0.363 e. The first-order chi connectivity index (χ1) is 9.97. The second-order valence-corrected chi connectivity index (χ2v) is 6.86. The van der Waals surface area contributed by atoms with Gasteiger partial charge in [-0.2, -0.15) is 0 Å². The maximum atomic E-state index is 12.1. The van der Waals surface area contributed by atoms with E-state index in [-0.39, 0.29) is 4.90 Å². The highest BCUT2D eigenvalue weighted by Gasteiger charge is 2.15. The van der Waals surface area contributed by atoms with Crippen molar-refractivity contribution in [2.75, 3.05) is 6.54 Å². The van der Waals surface area contributed by atoms with E-state index in [2.05, 4.69) is 20.0 Å². The summed E-state index contributed by atoms with van der Waals surface area (Å²) in [6.07, 6.45) is 6.62. The van der Waals surface area contributed by atoms with E-state index in [9.17, 15) is 8.42 Å². The minimum absolute atomic E-state index is 0.258. The van der Waals surface area contributed by atoms with Gasteiger partial charge in [-0.1, -0.05) is 13.8 Å². The summed E-state index contributed by atoms with van der Waals surface area (Å²) in [5.41, 5.74) is 0.846. The van der Waals surface area contributed by atoms with Crippen molar-refractivity contribution in [3.05, 3.63) is 36.7 Å². The summed E-state index contributed by atoms with van der Waals surface area (Å²) in [7, 11) is -3.47. The first-order valence-electron chi connectivity index (χ1n) is 6.83. The Labute approximate surface area is 124 Å². The Morgan fingerprint density at radius 3 is 2.90 bits per heavy atom. The Bertz CT molecular complexity index is 646. The molecule has 0 saturated heterocycles. The molecule has 7 nitrogen and oxygen atoms in total. The molecule has 0 radical (unpaired) electrons. The van der Waals surface area contributed by atoms with Crippen molar-refractivity contribution in [2.45, 2.75) is 37.9 Å². The number of nitrogens with one attached hydrogen (secondary N) is 3. The third-order valence-electron chi connectivity index (χ3n) is 2.95. The molecule has 0 bridgehead atoms. The van der Waals surface area contributed by atoms with Gasteiger partial charge in [-0.25, -0.2) is 18.1 Å². The number of aromatic nitrogens is 3. The highest BCUT2D eigenvalue weighted by Crippen LogP contribution is 2.10. The Balaban J connectivity index is 1.89. The van der Waals surface area contributed by atoms with Crippen LogP contribution in [0.5, 0.6) is 0 Å². The van der Waals surface area contributed by atoms with Crippen molar-refractivity contribution in [3.8, 4) is 0 Å². The highest BCUT2D eigenvalue weighted by atomic mass is 32.2. The van der Waals surface area contributed by atoms with Gasteiger partial charge in [0.2, 0.25) is 10.0 Å². The Morgan fingerprint density at radius 1 is 1.43 bits per heavy atom. The zero-order valence-corrected chi connectivity index (χ0v) is 13.0. The lowest BCUT2D eigenvalue weighted by atomic mass is 10.3. The average Bonchev–Trinajstić information content (AvgIpc) is 3.07. The van der Waals surface area contributed by atoms with Crippen molar-refractivity contribution in [1.82, 2.24) is 24.6 Å². The number of aromatic amines is 1. The van der Waals surface area contributed by atoms with E-state index in [4.69, 9.17) is 0 Å². The van der Waals surface area contributed by atoms with Crippen LogP contribution in [0, 0.1) is 0 Å². The van der Waals surface area contributed by atoms with E-state index in [0.717, 1.165) is 5.69 Å². The molecule has 0 unspecified atom stereocenters. The topological polar surface area (TPSA) is 91.8 Å². The lowest BCUT2D eigenvalue weighted by molar-refractivity contribution is 0.572. The predicted molar refractivity (Wildman–Crippen MR) is 80.2 cm³/mol. The van der Waals surface area contributed by atoms with Crippen molar-refractivity contribution >= 4 is 10.0 Å². The number of hydrogen-bond donors (Lipinski definition) is 3. The third-order valence-corrected chi connectivity index (χ3v) is 4.39. The molecule has 3 N–H and O–H groups in total. The molecule has 0 aliphatic carbocycles. The van der Waals surface area contributed by atoms with E-state index < -0.39 is 10.0 Å². The number of H-pyrrole nitrogens is 1. The molecule has 2 aromatic rings. The maximum absolute atomic E-state index is 12.1. The van der Waals surface area contributed by atoms with Gasteiger partial charge >= 0.3 is 0 Å². The quantitative estimate of drug-likeness (QED) is 0.669. The number of imidazole rings is 1. The molecule has 0 aliphatic rings. The van der Waals surface area contributed by atoms with E-state index in [1.165, 1.54) is 6.20 Å². The van der Waals surface area contributed by atoms with E-state index in [0.29, 0.717) is 25.7 Å². The molecule has 0 spiro atoms. The third kappa shape index (κ3) is 4.69. The van der Waals surface area contributed by atoms with Gasteiger partial charge in [-0.15, -0.1) is 0 Å². The summed E-state index contributed by atoms with van der Waals surface area (Å²) in [6, 6.07) is 2.00. The van der Waals surface area contributed by atoms with Crippen LogP contribution in [0.3, 0.4) is 0 Å². The number of sulfonamides is 1. The van der Waals surface area contributed by atoms with Gasteiger partial charge in [0.1, 0.15) is 0 Å².